The number of carbonyl (C=O) groups excluding carboxylic acids is 1. The Balaban J connectivity index is 1.74. The van der Waals surface area contributed by atoms with Crippen LogP contribution in [0.25, 0.3) is 0 Å². The van der Waals surface area contributed by atoms with Gasteiger partial charge in [0.2, 0.25) is 0 Å². The Hall–Kier alpha value is -1.40. The number of carbonyl (C=O) groups is 2. The van der Waals surface area contributed by atoms with Crippen molar-refractivity contribution in [3.8, 4) is 0 Å². The van der Waals surface area contributed by atoms with E-state index >= 15 is 0 Å². The molecule has 0 aliphatic carbocycles. The molecular weight excluding hydrogens is 290 g/mol. The number of ether oxygens (including phenoxy) is 1. The van der Waals surface area contributed by atoms with Gasteiger partial charge in [0.1, 0.15) is 4.88 Å². The summed E-state index contributed by atoms with van der Waals surface area (Å²) in [4.78, 5) is 26.3. The maximum Gasteiger partial charge on any atom is 0.345 e. The first-order valence-electron chi connectivity index (χ1n) is 7.38. The van der Waals surface area contributed by atoms with Gasteiger partial charge in [0.15, 0.2) is 0 Å². The van der Waals surface area contributed by atoms with Gasteiger partial charge in [-0.05, 0) is 43.7 Å². The third kappa shape index (κ3) is 2.96. The summed E-state index contributed by atoms with van der Waals surface area (Å²) >= 11 is 1.07. The molecule has 2 saturated heterocycles. The number of carboxylic acids is 1. The van der Waals surface area contributed by atoms with E-state index in [1.54, 1.807) is 6.07 Å². The van der Waals surface area contributed by atoms with E-state index in [1.807, 2.05) is 4.90 Å². The summed E-state index contributed by atoms with van der Waals surface area (Å²) in [5.41, 5.74) is 0. The van der Waals surface area contributed by atoms with Gasteiger partial charge in [0, 0.05) is 25.8 Å². The van der Waals surface area contributed by atoms with Gasteiger partial charge in [-0.2, -0.15) is 0 Å². The summed E-state index contributed by atoms with van der Waals surface area (Å²) in [7, 11) is 0. The molecule has 5 nitrogen and oxygen atoms in total. The summed E-state index contributed by atoms with van der Waals surface area (Å²) in [6.07, 6.45) is 4.11. The van der Waals surface area contributed by atoms with Gasteiger partial charge in [0.05, 0.1) is 4.88 Å². The predicted octanol–water partition coefficient (Wildman–Crippen LogP) is 2.48. The zero-order valence-corrected chi connectivity index (χ0v) is 12.6. The lowest BCUT2D eigenvalue weighted by Crippen LogP contribution is -2.41. The maximum absolute atomic E-state index is 12.6. The van der Waals surface area contributed by atoms with Crippen LogP contribution in [0.3, 0.4) is 0 Å². The molecule has 1 amide bonds. The maximum atomic E-state index is 12.6. The Morgan fingerprint density at radius 1 is 1.19 bits per heavy atom. The highest BCUT2D eigenvalue weighted by atomic mass is 32.1. The molecule has 0 radical (unpaired) electrons. The van der Waals surface area contributed by atoms with Gasteiger partial charge in [-0.25, -0.2) is 4.79 Å². The SMILES string of the molecule is O=C(O)c1ccc(C(=O)N2CCCC2C2CCOCC2)s1. The van der Waals surface area contributed by atoms with Crippen LogP contribution in [-0.4, -0.2) is 47.7 Å². The molecule has 6 heteroatoms. The minimum absolute atomic E-state index is 0.0125. The standard InChI is InChI=1S/C15H19NO4S/c17-14(12-3-4-13(21-12)15(18)19)16-7-1-2-11(16)10-5-8-20-9-6-10/h3-4,10-11H,1-2,5-9H2,(H,18,19). The molecule has 3 heterocycles. The first-order chi connectivity index (χ1) is 10.2. The molecule has 2 aliphatic heterocycles. The molecule has 0 spiro atoms. The molecule has 0 saturated carbocycles. The van der Waals surface area contributed by atoms with Crippen molar-refractivity contribution in [3.63, 3.8) is 0 Å². The van der Waals surface area contributed by atoms with Crippen molar-refractivity contribution in [1.82, 2.24) is 4.90 Å². The van der Waals surface area contributed by atoms with Crippen LogP contribution < -0.4 is 0 Å². The highest BCUT2D eigenvalue weighted by Crippen LogP contribution is 2.32. The lowest BCUT2D eigenvalue weighted by atomic mass is 9.90. The number of thiophene rings is 1. The Kier molecular flexibility index (Phi) is 4.26. The largest absolute Gasteiger partial charge is 0.477 e. The van der Waals surface area contributed by atoms with Crippen LogP contribution in [0.5, 0.6) is 0 Å². The Bertz CT molecular complexity index is 536. The first-order valence-corrected chi connectivity index (χ1v) is 8.20. The fourth-order valence-corrected chi connectivity index (χ4v) is 4.15. The predicted molar refractivity (Wildman–Crippen MR) is 78.9 cm³/mol. The number of likely N-dealkylation sites (tertiary alicyclic amines) is 1. The molecule has 2 aliphatic rings. The number of hydrogen-bond donors (Lipinski definition) is 1. The zero-order valence-electron chi connectivity index (χ0n) is 11.8. The van der Waals surface area contributed by atoms with Crippen LogP contribution in [-0.2, 0) is 4.74 Å². The molecule has 1 atom stereocenters. The van der Waals surface area contributed by atoms with Crippen molar-refractivity contribution in [1.29, 1.82) is 0 Å². The second kappa shape index (κ2) is 6.15. The van der Waals surface area contributed by atoms with E-state index in [0.717, 1.165) is 56.8 Å². The highest BCUT2D eigenvalue weighted by Gasteiger charge is 2.36. The molecular formula is C15H19NO4S. The van der Waals surface area contributed by atoms with Crippen LogP contribution >= 0.6 is 11.3 Å². The van der Waals surface area contributed by atoms with Gasteiger partial charge in [-0.15, -0.1) is 11.3 Å². The third-order valence-corrected chi connectivity index (χ3v) is 5.46. The average Bonchev–Trinajstić information content (AvgIpc) is 3.17. The molecule has 1 unspecified atom stereocenters. The van der Waals surface area contributed by atoms with Gasteiger partial charge in [0.25, 0.3) is 5.91 Å². The number of hydrogen-bond acceptors (Lipinski definition) is 4. The topological polar surface area (TPSA) is 66.8 Å². The number of carboxylic acid groups (broad SMARTS) is 1. The smallest absolute Gasteiger partial charge is 0.345 e. The van der Waals surface area contributed by atoms with E-state index < -0.39 is 5.97 Å². The van der Waals surface area contributed by atoms with Crippen LogP contribution in [0.15, 0.2) is 12.1 Å². The summed E-state index contributed by atoms with van der Waals surface area (Å²) < 4.78 is 5.40. The lowest BCUT2D eigenvalue weighted by Gasteiger charge is -2.33. The van der Waals surface area contributed by atoms with E-state index in [2.05, 4.69) is 0 Å². The van der Waals surface area contributed by atoms with E-state index in [-0.39, 0.29) is 16.8 Å². The molecule has 0 bridgehead atoms. The summed E-state index contributed by atoms with van der Waals surface area (Å²) in [6.45, 7) is 2.35. The molecule has 114 valence electrons. The second-order valence-electron chi connectivity index (χ2n) is 5.63. The van der Waals surface area contributed by atoms with Crippen LogP contribution in [0.4, 0.5) is 0 Å². The van der Waals surface area contributed by atoms with Crippen LogP contribution in [0.1, 0.15) is 45.0 Å². The van der Waals surface area contributed by atoms with Gasteiger partial charge >= 0.3 is 5.97 Å². The Labute approximate surface area is 127 Å². The van der Waals surface area contributed by atoms with Crippen molar-refractivity contribution in [2.75, 3.05) is 19.8 Å². The first kappa shape index (κ1) is 14.5. The van der Waals surface area contributed by atoms with Crippen molar-refractivity contribution >= 4 is 23.2 Å². The van der Waals surface area contributed by atoms with Gasteiger partial charge in [-0.1, -0.05) is 0 Å². The number of rotatable bonds is 3. The number of amides is 1. The normalized spacial score (nSPS) is 23.4. The van der Waals surface area contributed by atoms with E-state index in [9.17, 15) is 9.59 Å². The molecule has 1 N–H and O–H groups in total. The van der Waals surface area contributed by atoms with Crippen LogP contribution in [0, 0.1) is 5.92 Å². The van der Waals surface area contributed by atoms with Crippen molar-refractivity contribution in [2.45, 2.75) is 31.7 Å². The second-order valence-corrected chi connectivity index (χ2v) is 6.71. The van der Waals surface area contributed by atoms with Crippen molar-refractivity contribution in [3.05, 3.63) is 21.9 Å². The van der Waals surface area contributed by atoms with Crippen molar-refractivity contribution in [2.24, 2.45) is 5.92 Å². The Morgan fingerprint density at radius 2 is 1.90 bits per heavy atom. The quantitative estimate of drug-likeness (QED) is 0.931. The number of aromatic carboxylic acids is 1. The molecule has 1 aromatic heterocycles. The fraction of sp³-hybridized carbons (Fsp3) is 0.600. The van der Waals surface area contributed by atoms with Gasteiger partial charge < -0.3 is 14.7 Å². The zero-order chi connectivity index (χ0) is 14.8. The molecule has 1 aromatic rings. The van der Waals surface area contributed by atoms with Crippen molar-refractivity contribution < 1.29 is 19.4 Å². The van der Waals surface area contributed by atoms with E-state index in [4.69, 9.17) is 9.84 Å². The van der Waals surface area contributed by atoms with Crippen LogP contribution in [0.2, 0.25) is 0 Å². The minimum atomic E-state index is -0.971. The van der Waals surface area contributed by atoms with Gasteiger partial charge in [-0.3, -0.25) is 4.79 Å². The summed E-state index contributed by atoms with van der Waals surface area (Å²) in [5.74, 6) is -0.466. The summed E-state index contributed by atoms with van der Waals surface area (Å²) in [5, 5.41) is 8.97. The Morgan fingerprint density at radius 3 is 2.57 bits per heavy atom. The molecule has 21 heavy (non-hydrogen) atoms. The number of nitrogens with zero attached hydrogens (tertiary/aromatic N) is 1. The third-order valence-electron chi connectivity index (χ3n) is 4.40. The summed E-state index contributed by atoms with van der Waals surface area (Å²) in [6, 6.07) is 3.44. The molecule has 0 aromatic carbocycles. The lowest BCUT2D eigenvalue weighted by molar-refractivity contribution is 0.0324. The minimum Gasteiger partial charge on any atom is -0.477 e. The molecule has 3 rings (SSSR count). The monoisotopic (exact) mass is 309 g/mol. The fourth-order valence-electron chi connectivity index (χ4n) is 3.34. The van der Waals surface area contributed by atoms with E-state index in [1.165, 1.54) is 6.07 Å². The van der Waals surface area contributed by atoms with E-state index in [0.29, 0.717) is 10.8 Å². The average molecular weight is 309 g/mol. The highest BCUT2D eigenvalue weighted by molar-refractivity contribution is 7.15. The molecule has 2 fully saturated rings.